The number of allylic oxidation sites excluding steroid dienone is 5. The summed E-state index contributed by atoms with van der Waals surface area (Å²) in [4.78, 5) is 20.7. The zero-order chi connectivity index (χ0) is 22.0. The van der Waals surface area contributed by atoms with Crippen LogP contribution < -0.4 is 5.73 Å². The summed E-state index contributed by atoms with van der Waals surface area (Å²) in [6.07, 6.45) is 8.34. The molecule has 1 aliphatic heterocycles. The molecule has 0 unspecified atom stereocenters. The largest absolute Gasteiger partial charge is 0.435 e. The maximum atomic E-state index is 14.2. The Balaban J connectivity index is 1.64. The summed E-state index contributed by atoms with van der Waals surface area (Å²) in [6.45, 7) is 4.96. The van der Waals surface area contributed by atoms with Crippen LogP contribution in [0.15, 0.2) is 52.5 Å². The van der Waals surface area contributed by atoms with Crippen molar-refractivity contribution < 1.29 is 18.0 Å². The summed E-state index contributed by atoms with van der Waals surface area (Å²) in [6, 6.07) is 3.45. The predicted octanol–water partition coefficient (Wildman–Crippen LogP) is 3.24. The molecule has 1 amide bonds. The highest BCUT2D eigenvalue weighted by Gasteiger charge is 2.25. The normalized spacial score (nSPS) is 17.9. The van der Waals surface area contributed by atoms with Gasteiger partial charge in [-0.3, -0.25) is 9.69 Å². The molecule has 1 aliphatic carbocycles. The molecule has 0 atom stereocenters. The number of rotatable bonds is 5. The SMILES string of the molecule is CN1CCN(CC2=CC=C(c3oc(-c4c(F)cccc4F)nc3C(N)=O)C=CC2)CC1. The second-order valence-corrected chi connectivity index (χ2v) is 7.79. The fourth-order valence-corrected chi connectivity index (χ4v) is 3.72. The molecule has 162 valence electrons. The van der Waals surface area contributed by atoms with Crippen molar-refractivity contribution in [1.29, 1.82) is 0 Å². The monoisotopic (exact) mass is 426 g/mol. The molecule has 0 spiro atoms. The van der Waals surface area contributed by atoms with Crippen LogP contribution in [0.3, 0.4) is 0 Å². The van der Waals surface area contributed by atoms with Crippen molar-refractivity contribution in [3.05, 3.63) is 71.2 Å². The quantitative estimate of drug-likeness (QED) is 0.795. The van der Waals surface area contributed by atoms with E-state index in [0.29, 0.717) is 5.57 Å². The molecular formula is C23H24F2N4O2. The van der Waals surface area contributed by atoms with Gasteiger partial charge in [-0.2, -0.15) is 0 Å². The van der Waals surface area contributed by atoms with Gasteiger partial charge >= 0.3 is 0 Å². The van der Waals surface area contributed by atoms with Crippen LogP contribution in [0.5, 0.6) is 0 Å². The van der Waals surface area contributed by atoms with E-state index in [1.807, 2.05) is 24.3 Å². The van der Waals surface area contributed by atoms with Gasteiger partial charge in [-0.15, -0.1) is 0 Å². The molecule has 8 heteroatoms. The molecule has 2 heterocycles. The minimum absolute atomic E-state index is 0.0958. The van der Waals surface area contributed by atoms with E-state index in [9.17, 15) is 13.6 Å². The van der Waals surface area contributed by atoms with Crippen LogP contribution in [-0.2, 0) is 0 Å². The highest BCUT2D eigenvalue weighted by atomic mass is 19.1. The lowest BCUT2D eigenvalue weighted by Crippen LogP contribution is -2.45. The number of hydrogen-bond donors (Lipinski definition) is 1. The number of amides is 1. The van der Waals surface area contributed by atoms with Gasteiger partial charge in [0, 0.05) is 38.3 Å². The van der Waals surface area contributed by atoms with Gasteiger partial charge in [0.05, 0.1) is 0 Å². The Hall–Kier alpha value is -3.10. The molecule has 1 aromatic heterocycles. The van der Waals surface area contributed by atoms with Crippen molar-refractivity contribution in [2.24, 2.45) is 5.73 Å². The van der Waals surface area contributed by atoms with Crippen molar-refractivity contribution >= 4 is 11.5 Å². The van der Waals surface area contributed by atoms with E-state index in [1.54, 1.807) is 0 Å². The average Bonchev–Trinajstić information content (AvgIpc) is 3.03. The summed E-state index contributed by atoms with van der Waals surface area (Å²) < 4.78 is 34.0. The third-order valence-corrected chi connectivity index (χ3v) is 5.50. The van der Waals surface area contributed by atoms with Crippen molar-refractivity contribution in [2.75, 3.05) is 39.8 Å². The van der Waals surface area contributed by atoms with E-state index >= 15 is 0 Å². The molecule has 6 nitrogen and oxygen atoms in total. The van der Waals surface area contributed by atoms with E-state index in [-0.39, 0.29) is 17.3 Å². The molecular weight excluding hydrogens is 402 g/mol. The Kier molecular flexibility index (Phi) is 6.11. The molecule has 0 saturated carbocycles. The minimum atomic E-state index is -0.832. The number of nitrogens with zero attached hydrogens (tertiary/aromatic N) is 3. The highest BCUT2D eigenvalue weighted by molar-refractivity contribution is 5.97. The van der Waals surface area contributed by atoms with Crippen molar-refractivity contribution in [1.82, 2.24) is 14.8 Å². The van der Waals surface area contributed by atoms with Crippen molar-refractivity contribution in [2.45, 2.75) is 6.42 Å². The molecule has 2 aliphatic rings. The second kappa shape index (κ2) is 8.95. The highest BCUT2D eigenvalue weighted by Crippen LogP contribution is 2.31. The standard InChI is InChI=1S/C23H24F2N4O2/c1-28-10-12-29(13-11-28)14-15-4-2-5-16(9-8-15)21-20(22(26)30)27-23(31-21)19-17(24)6-3-7-18(19)25/h2-3,5-9H,4,10-14H2,1H3,(H2,26,30). The predicted molar refractivity (Wildman–Crippen MR) is 114 cm³/mol. The Bertz CT molecular complexity index is 1060. The number of benzene rings is 1. The van der Waals surface area contributed by atoms with Crippen LogP contribution in [0.1, 0.15) is 22.7 Å². The van der Waals surface area contributed by atoms with E-state index < -0.39 is 23.1 Å². The van der Waals surface area contributed by atoms with E-state index in [2.05, 4.69) is 21.8 Å². The summed E-state index contributed by atoms with van der Waals surface area (Å²) in [7, 11) is 2.12. The third kappa shape index (κ3) is 4.65. The van der Waals surface area contributed by atoms with Crippen molar-refractivity contribution in [3.8, 4) is 11.5 Å². The minimum Gasteiger partial charge on any atom is -0.435 e. The van der Waals surface area contributed by atoms with E-state index in [4.69, 9.17) is 10.2 Å². The lowest BCUT2D eigenvalue weighted by Gasteiger charge is -2.32. The molecule has 1 aromatic carbocycles. The Morgan fingerprint density at radius 1 is 1.16 bits per heavy atom. The zero-order valence-electron chi connectivity index (χ0n) is 17.3. The molecule has 1 saturated heterocycles. The smallest absolute Gasteiger partial charge is 0.271 e. The van der Waals surface area contributed by atoms with Crippen LogP contribution in [0.2, 0.25) is 0 Å². The van der Waals surface area contributed by atoms with Gasteiger partial charge in [0.2, 0.25) is 5.89 Å². The van der Waals surface area contributed by atoms with E-state index in [1.165, 1.54) is 11.6 Å². The molecule has 1 fully saturated rings. The van der Waals surface area contributed by atoms with Gasteiger partial charge in [0.15, 0.2) is 11.5 Å². The maximum Gasteiger partial charge on any atom is 0.271 e. The van der Waals surface area contributed by atoms with Crippen LogP contribution in [-0.4, -0.2) is 60.5 Å². The van der Waals surface area contributed by atoms with Crippen molar-refractivity contribution in [3.63, 3.8) is 0 Å². The van der Waals surface area contributed by atoms with Crippen LogP contribution in [0, 0.1) is 11.6 Å². The maximum absolute atomic E-state index is 14.2. The third-order valence-electron chi connectivity index (χ3n) is 5.50. The first kappa shape index (κ1) is 21.1. The molecule has 0 bridgehead atoms. The first-order chi connectivity index (χ1) is 14.9. The Labute approximate surface area is 179 Å². The number of piperazine rings is 1. The van der Waals surface area contributed by atoms with Gasteiger partial charge in [-0.05, 0) is 25.6 Å². The summed E-state index contributed by atoms with van der Waals surface area (Å²) >= 11 is 0. The lowest BCUT2D eigenvalue weighted by molar-refractivity contribution is 0.0995. The van der Waals surface area contributed by atoms with Crippen LogP contribution in [0.25, 0.3) is 17.0 Å². The van der Waals surface area contributed by atoms with Gasteiger partial charge in [-0.1, -0.05) is 35.9 Å². The van der Waals surface area contributed by atoms with Crippen LogP contribution >= 0.6 is 0 Å². The average molecular weight is 426 g/mol. The first-order valence-corrected chi connectivity index (χ1v) is 10.1. The Morgan fingerprint density at radius 3 is 2.55 bits per heavy atom. The number of hydrogen-bond acceptors (Lipinski definition) is 5. The summed E-state index contributed by atoms with van der Waals surface area (Å²) in [5.41, 5.74) is 6.66. The zero-order valence-corrected chi connectivity index (χ0v) is 17.3. The Morgan fingerprint density at radius 2 is 1.87 bits per heavy atom. The number of aromatic nitrogens is 1. The van der Waals surface area contributed by atoms with Gasteiger partial charge < -0.3 is 15.1 Å². The molecule has 2 aromatic rings. The lowest BCUT2D eigenvalue weighted by atomic mass is 10.1. The number of primary amides is 1. The molecule has 0 radical (unpaired) electrons. The topological polar surface area (TPSA) is 75.6 Å². The van der Waals surface area contributed by atoms with Gasteiger partial charge in [-0.25, -0.2) is 13.8 Å². The fourth-order valence-electron chi connectivity index (χ4n) is 3.72. The van der Waals surface area contributed by atoms with Gasteiger partial charge in [0.25, 0.3) is 5.91 Å². The number of likely N-dealkylation sites (N-methyl/N-ethyl adjacent to an activating group) is 1. The van der Waals surface area contributed by atoms with E-state index in [0.717, 1.165) is 51.3 Å². The molecule has 2 N–H and O–H groups in total. The number of nitrogens with two attached hydrogens (primary N) is 1. The number of carbonyl (C=O) groups excluding carboxylic acids is 1. The molecule has 4 rings (SSSR count). The fraction of sp³-hybridized carbons (Fsp3) is 0.304. The number of oxazole rings is 1. The van der Waals surface area contributed by atoms with Gasteiger partial charge in [0.1, 0.15) is 17.2 Å². The number of carbonyl (C=O) groups is 1. The first-order valence-electron chi connectivity index (χ1n) is 10.1. The summed E-state index contributed by atoms with van der Waals surface area (Å²) in [5, 5.41) is 0. The molecule has 31 heavy (non-hydrogen) atoms. The van der Waals surface area contributed by atoms with Crippen LogP contribution in [0.4, 0.5) is 8.78 Å². The number of halogens is 2. The summed E-state index contributed by atoms with van der Waals surface area (Å²) in [5.74, 6) is -2.72. The second-order valence-electron chi connectivity index (χ2n) is 7.79.